The number of amides is 1. The first kappa shape index (κ1) is 13.2. The normalized spacial score (nSPS) is 11.4. The number of aryl methyl sites for hydroxylation is 2. The number of carboxylic acid groups (broad SMARTS) is 1. The van der Waals surface area contributed by atoms with Crippen LogP contribution in [0.2, 0.25) is 0 Å². The van der Waals surface area contributed by atoms with Crippen molar-refractivity contribution in [1.29, 1.82) is 0 Å². The van der Waals surface area contributed by atoms with Gasteiger partial charge in [0.25, 0.3) is 5.91 Å². The molecule has 0 aliphatic heterocycles. The highest BCUT2D eigenvalue weighted by molar-refractivity contribution is 5.98. The first-order valence-corrected chi connectivity index (χ1v) is 5.14. The maximum atomic E-state index is 12.2. The molecule has 0 radical (unpaired) electrons. The van der Waals surface area contributed by atoms with Crippen molar-refractivity contribution in [2.45, 2.75) is 33.2 Å². The highest BCUT2D eigenvalue weighted by Crippen LogP contribution is 2.20. The number of carbonyl (C=O) groups excluding carboxylic acids is 1. The summed E-state index contributed by atoms with van der Waals surface area (Å²) in [5, 5.41) is 12.7. The quantitative estimate of drug-likeness (QED) is 0.858. The molecule has 0 atom stereocenters. The predicted octanol–water partition coefficient (Wildman–Crippen LogP) is 1.23. The number of nitrogens with zero attached hydrogens (tertiary/aromatic N) is 2. The second-order valence-corrected chi connectivity index (χ2v) is 4.43. The van der Waals surface area contributed by atoms with Crippen molar-refractivity contribution in [2.75, 3.05) is 7.05 Å². The van der Waals surface area contributed by atoms with Crippen molar-refractivity contribution < 1.29 is 19.2 Å². The van der Waals surface area contributed by atoms with Gasteiger partial charge in [0.15, 0.2) is 0 Å². The number of rotatable bonds is 3. The zero-order valence-electron chi connectivity index (χ0n) is 10.6. The molecule has 1 rings (SSSR count). The van der Waals surface area contributed by atoms with Gasteiger partial charge in [-0.3, -0.25) is 4.79 Å². The minimum atomic E-state index is -1.28. The van der Waals surface area contributed by atoms with Crippen LogP contribution in [0, 0.1) is 13.8 Å². The first-order chi connectivity index (χ1) is 7.69. The zero-order valence-corrected chi connectivity index (χ0v) is 10.6. The Balaban J connectivity index is 3.11. The molecule has 1 amide bonds. The summed E-state index contributed by atoms with van der Waals surface area (Å²) in [7, 11) is 1.45. The molecule has 6 heteroatoms. The third-order valence-electron chi connectivity index (χ3n) is 2.91. The van der Waals surface area contributed by atoms with E-state index in [2.05, 4.69) is 5.16 Å². The molecule has 0 aliphatic carbocycles. The molecule has 0 aromatic carbocycles. The number of carboxylic acids is 1. The van der Waals surface area contributed by atoms with Gasteiger partial charge in [-0.1, -0.05) is 5.16 Å². The van der Waals surface area contributed by atoms with E-state index in [0.29, 0.717) is 17.0 Å². The molecular weight excluding hydrogens is 224 g/mol. The third-order valence-corrected chi connectivity index (χ3v) is 2.91. The van der Waals surface area contributed by atoms with E-state index in [9.17, 15) is 9.59 Å². The minimum Gasteiger partial charge on any atom is -0.480 e. The maximum Gasteiger partial charge on any atom is 0.329 e. The summed E-state index contributed by atoms with van der Waals surface area (Å²) < 4.78 is 4.89. The number of hydrogen-bond donors (Lipinski definition) is 1. The second-order valence-electron chi connectivity index (χ2n) is 4.43. The Morgan fingerprint density at radius 1 is 1.35 bits per heavy atom. The highest BCUT2D eigenvalue weighted by atomic mass is 16.5. The highest BCUT2D eigenvalue weighted by Gasteiger charge is 2.37. The lowest BCUT2D eigenvalue weighted by Crippen LogP contribution is -2.50. The van der Waals surface area contributed by atoms with Gasteiger partial charge in [0.05, 0.1) is 5.69 Å². The number of carbonyl (C=O) groups is 2. The lowest BCUT2D eigenvalue weighted by molar-refractivity contribution is -0.147. The van der Waals surface area contributed by atoms with E-state index in [1.807, 2.05) is 0 Å². The van der Waals surface area contributed by atoms with E-state index in [1.54, 1.807) is 13.8 Å². The topological polar surface area (TPSA) is 83.6 Å². The molecular formula is C11H16N2O4. The van der Waals surface area contributed by atoms with E-state index in [1.165, 1.54) is 25.8 Å². The van der Waals surface area contributed by atoms with Gasteiger partial charge in [0, 0.05) is 7.05 Å². The molecule has 94 valence electrons. The molecule has 0 saturated carbocycles. The van der Waals surface area contributed by atoms with Crippen molar-refractivity contribution in [2.24, 2.45) is 0 Å². The predicted molar refractivity (Wildman–Crippen MR) is 59.8 cm³/mol. The van der Waals surface area contributed by atoms with Gasteiger partial charge in [-0.25, -0.2) is 4.79 Å². The number of aromatic nitrogens is 1. The third kappa shape index (κ3) is 2.15. The Bertz CT molecular complexity index is 443. The van der Waals surface area contributed by atoms with E-state index < -0.39 is 17.4 Å². The van der Waals surface area contributed by atoms with Crippen molar-refractivity contribution in [1.82, 2.24) is 10.1 Å². The summed E-state index contributed by atoms with van der Waals surface area (Å²) in [5.74, 6) is -1.09. The summed E-state index contributed by atoms with van der Waals surface area (Å²) in [6.07, 6.45) is 0. The van der Waals surface area contributed by atoms with Gasteiger partial charge < -0.3 is 14.5 Å². The molecule has 1 aromatic rings. The largest absolute Gasteiger partial charge is 0.480 e. The molecule has 17 heavy (non-hydrogen) atoms. The number of aliphatic carboxylic acids is 1. The standard InChI is InChI=1S/C11H16N2O4/c1-6-8(7(2)17-12-6)9(14)13(5)11(3,4)10(15)16/h1-5H3,(H,15,16). The summed E-state index contributed by atoms with van der Waals surface area (Å²) >= 11 is 0. The van der Waals surface area contributed by atoms with Crippen LogP contribution in [0.1, 0.15) is 35.7 Å². The van der Waals surface area contributed by atoms with E-state index in [4.69, 9.17) is 9.63 Å². The molecule has 1 heterocycles. The molecule has 0 fully saturated rings. The second kappa shape index (κ2) is 4.20. The molecule has 0 bridgehead atoms. The number of likely N-dealkylation sites (N-methyl/N-ethyl adjacent to an activating group) is 1. The molecule has 6 nitrogen and oxygen atoms in total. The van der Waals surface area contributed by atoms with Gasteiger partial charge in [-0.2, -0.15) is 0 Å². The first-order valence-electron chi connectivity index (χ1n) is 5.14. The lowest BCUT2D eigenvalue weighted by Gasteiger charge is -2.31. The van der Waals surface area contributed by atoms with Crippen LogP contribution in [0.25, 0.3) is 0 Å². The molecule has 0 spiro atoms. The lowest BCUT2D eigenvalue weighted by atomic mass is 10.0. The Morgan fingerprint density at radius 3 is 2.24 bits per heavy atom. The molecule has 1 N–H and O–H groups in total. The van der Waals surface area contributed by atoms with Gasteiger partial charge in [-0.15, -0.1) is 0 Å². The van der Waals surface area contributed by atoms with E-state index in [-0.39, 0.29) is 0 Å². The average molecular weight is 240 g/mol. The molecule has 0 saturated heterocycles. The minimum absolute atomic E-state index is 0.321. The van der Waals surface area contributed by atoms with E-state index in [0.717, 1.165) is 0 Å². The van der Waals surface area contributed by atoms with Crippen LogP contribution >= 0.6 is 0 Å². The Labute approximate surface area is 99.2 Å². The zero-order chi connectivity index (χ0) is 13.4. The van der Waals surface area contributed by atoms with Crippen LogP contribution in [0.15, 0.2) is 4.52 Å². The summed E-state index contributed by atoms with van der Waals surface area (Å²) in [6, 6.07) is 0. The SMILES string of the molecule is Cc1noc(C)c1C(=O)N(C)C(C)(C)C(=O)O. The summed E-state index contributed by atoms with van der Waals surface area (Å²) in [5.41, 5.74) is -0.505. The molecule has 0 unspecified atom stereocenters. The summed E-state index contributed by atoms with van der Waals surface area (Å²) in [6.45, 7) is 6.19. The Morgan fingerprint density at radius 2 is 1.88 bits per heavy atom. The van der Waals surface area contributed by atoms with Crippen LogP contribution in [0.3, 0.4) is 0 Å². The van der Waals surface area contributed by atoms with Gasteiger partial charge in [0.2, 0.25) is 0 Å². The van der Waals surface area contributed by atoms with Gasteiger partial charge >= 0.3 is 5.97 Å². The van der Waals surface area contributed by atoms with Gasteiger partial charge in [0.1, 0.15) is 16.9 Å². The van der Waals surface area contributed by atoms with Gasteiger partial charge in [-0.05, 0) is 27.7 Å². The van der Waals surface area contributed by atoms with Crippen LogP contribution in [0.5, 0.6) is 0 Å². The Kier molecular flexibility index (Phi) is 3.26. The number of hydrogen-bond acceptors (Lipinski definition) is 4. The van der Waals surface area contributed by atoms with Crippen molar-refractivity contribution in [3.8, 4) is 0 Å². The van der Waals surface area contributed by atoms with Crippen LogP contribution in [0.4, 0.5) is 0 Å². The van der Waals surface area contributed by atoms with Crippen molar-refractivity contribution in [3.05, 3.63) is 17.0 Å². The fourth-order valence-electron chi connectivity index (χ4n) is 1.35. The molecule has 1 aromatic heterocycles. The van der Waals surface area contributed by atoms with Crippen LogP contribution in [-0.4, -0.2) is 39.6 Å². The fraction of sp³-hybridized carbons (Fsp3) is 0.545. The van der Waals surface area contributed by atoms with Crippen LogP contribution in [-0.2, 0) is 4.79 Å². The fourth-order valence-corrected chi connectivity index (χ4v) is 1.35. The maximum absolute atomic E-state index is 12.2. The van der Waals surface area contributed by atoms with Crippen LogP contribution < -0.4 is 0 Å². The van der Waals surface area contributed by atoms with E-state index >= 15 is 0 Å². The van der Waals surface area contributed by atoms with Crippen molar-refractivity contribution >= 4 is 11.9 Å². The summed E-state index contributed by atoms with van der Waals surface area (Å²) in [4.78, 5) is 24.4. The Hall–Kier alpha value is -1.85. The average Bonchev–Trinajstić information content (AvgIpc) is 2.56. The monoisotopic (exact) mass is 240 g/mol. The smallest absolute Gasteiger partial charge is 0.329 e. The van der Waals surface area contributed by atoms with Crippen molar-refractivity contribution in [3.63, 3.8) is 0 Å². The molecule has 0 aliphatic rings.